The first kappa shape index (κ1) is 14.3. The predicted octanol–water partition coefficient (Wildman–Crippen LogP) is 0.151. The largest absolute Gasteiger partial charge is 0.368 e. The number of primary amides is 1. The van der Waals surface area contributed by atoms with Gasteiger partial charge in [-0.05, 0) is 52.6 Å². The number of hydrogen-bond donors (Lipinski definition) is 2. The van der Waals surface area contributed by atoms with Gasteiger partial charge in [0.15, 0.2) is 0 Å². The number of rotatable bonds is 5. The van der Waals surface area contributed by atoms with Crippen LogP contribution in [0.25, 0.3) is 0 Å². The Hall–Kier alpha value is -0.650. The molecule has 20 heavy (non-hydrogen) atoms. The highest BCUT2D eigenvalue weighted by Gasteiger charge is 2.48. The smallest absolute Gasteiger partial charge is 0.237 e. The van der Waals surface area contributed by atoms with Crippen molar-refractivity contribution in [1.29, 1.82) is 0 Å². The number of likely N-dealkylation sites (tertiary alicyclic amines) is 1. The van der Waals surface area contributed by atoms with Crippen LogP contribution in [0.3, 0.4) is 0 Å². The molecule has 0 radical (unpaired) electrons. The summed E-state index contributed by atoms with van der Waals surface area (Å²) < 4.78 is 0. The molecule has 1 heterocycles. The zero-order valence-corrected chi connectivity index (χ0v) is 12.8. The van der Waals surface area contributed by atoms with Gasteiger partial charge in [-0.2, -0.15) is 0 Å². The second-order valence-electron chi connectivity index (χ2n) is 7.16. The summed E-state index contributed by atoms with van der Waals surface area (Å²) in [6.07, 6.45) is 6.55. The van der Waals surface area contributed by atoms with Crippen LogP contribution < -0.4 is 11.1 Å². The predicted molar refractivity (Wildman–Crippen MR) is 79.4 cm³/mol. The first-order valence-electron chi connectivity index (χ1n) is 7.98. The molecule has 3 atom stereocenters. The van der Waals surface area contributed by atoms with Crippen LogP contribution in [0.5, 0.6) is 0 Å². The van der Waals surface area contributed by atoms with E-state index in [4.69, 9.17) is 5.73 Å². The first-order valence-corrected chi connectivity index (χ1v) is 7.98. The average Bonchev–Trinajstić information content (AvgIpc) is 2.92. The Balaban J connectivity index is 1.61. The van der Waals surface area contributed by atoms with Crippen LogP contribution in [0.2, 0.25) is 0 Å². The van der Waals surface area contributed by atoms with Gasteiger partial charge in [0.1, 0.15) is 0 Å². The van der Waals surface area contributed by atoms with Crippen molar-refractivity contribution < 1.29 is 4.79 Å². The molecule has 0 spiro atoms. The lowest BCUT2D eigenvalue weighted by Gasteiger charge is -2.30. The lowest BCUT2D eigenvalue weighted by atomic mass is 9.96. The van der Waals surface area contributed by atoms with Crippen molar-refractivity contribution in [3.8, 4) is 0 Å². The number of hydrogen-bond acceptors (Lipinski definition) is 4. The van der Waals surface area contributed by atoms with Gasteiger partial charge in [-0.25, -0.2) is 0 Å². The Morgan fingerprint density at radius 1 is 1.30 bits per heavy atom. The summed E-state index contributed by atoms with van der Waals surface area (Å²) in [5.74, 6) is -0.143. The van der Waals surface area contributed by atoms with E-state index in [2.05, 4.69) is 29.2 Å². The summed E-state index contributed by atoms with van der Waals surface area (Å²) in [6, 6.07) is 1.73. The van der Waals surface area contributed by atoms with Gasteiger partial charge in [-0.3, -0.25) is 9.69 Å². The molecular weight excluding hydrogens is 252 g/mol. The fourth-order valence-corrected chi connectivity index (χ4v) is 3.90. The van der Waals surface area contributed by atoms with Crippen LogP contribution in [0, 0.1) is 0 Å². The second kappa shape index (κ2) is 5.28. The molecule has 3 fully saturated rings. The molecule has 0 aromatic heterocycles. The van der Waals surface area contributed by atoms with Crippen LogP contribution in [-0.4, -0.2) is 66.6 Å². The molecule has 1 amide bonds. The highest BCUT2D eigenvalue weighted by Crippen LogP contribution is 2.37. The molecule has 2 aliphatic carbocycles. The van der Waals surface area contributed by atoms with E-state index in [-0.39, 0.29) is 5.91 Å². The normalized spacial score (nSPS) is 38.8. The van der Waals surface area contributed by atoms with Crippen molar-refractivity contribution in [3.05, 3.63) is 0 Å². The van der Waals surface area contributed by atoms with Gasteiger partial charge in [0.25, 0.3) is 0 Å². The second-order valence-corrected chi connectivity index (χ2v) is 7.16. The number of nitrogens with zero attached hydrogens (tertiary/aromatic N) is 2. The minimum Gasteiger partial charge on any atom is -0.368 e. The van der Waals surface area contributed by atoms with E-state index in [1.54, 1.807) is 0 Å². The fourth-order valence-electron chi connectivity index (χ4n) is 3.90. The Kier molecular flexibility index (Phi) is 3.77. The first-order chi connectivity index (χ1) is 9.50. The fraction of sp³-hybridized carbons (Fsp3) is 0.933. The minimum absolute atomic E-state index is 0.143. The summed E-state index contributed by atoms with van der Waals surface area (Å²) in [5, 5.41) is 3.54. The number of nitrogens with two attached hydrogens (primary N) is 1. The summed E-state index contributed by atoms with van der Waals surface area (Å²) in [7, 11) is 4.32. The molecule has 5 nitrogen and oxygen atoms in total. The molecular formula is C15H28N4O. The van der Waals surface area contributed by atoms with Gasteiger partial charge in [-0.1, -0.05) is 0 Å². The SMILES string of the molecule is CN(C)C1CCN(C2CCC(NC3CC3)(C(N)=O)C2)C1. The zero-order chi connectivity index (χ0) is 14.3. The van der Waals surface area contributed by atoms with Crippen molar-refractivity contribution in [3.63, 3.8) is 0 Å². The third-order valence-corrected chi connectivity index (χ3v) is 5.46. The molecule has 3 unspecified atom stereocenters. The number of nitrogens with one attached hydrogen (secondary N) is 1. The van der Waals surface area contributed by atoms with E-state index < -0.39 is 5.54 Å². The topological polar surface area (TPSA) is 61.6 Å². The number of carbonyl (C=O) groups is 1. The maximum Gasteiger partial charge on any atom is 0.237 e. The van der Waals surface area contributed by atoms with E-state index >= 15 is 0 Å². The van der Waals surface area contributed by atoms with E-state index in [1.165, 1.54) is 19.3 Å². The van der Waals surface area contributed by atoms with Crippen LogP contribution in [0.4, 0.5) is 0 Å². The van der Waals surface area contributed by atoms with E-state index in [0.29, 0.717) is 18.1 Å². The van der Waals surface area contributed by atoms with Crippen molar-refractivity contribution in [2.75, 3.05) is 27.2 Å². The Labute approximate surface area is 121 Å². The summed E-state index contributed by atoms with van der Waals surface area (Å²) in [4.78, 5) is 16.8. The number of amides is 1. The monoisotopic (exact) mass is 280 g/mol. The van der Waals surface area contributed by atoms with Gasteiger partial charge in [0.05, 0.1) is 5.54 Å². The number of likely N-dealkylation sites (N-methyl/N-ethyl adjacent to an activating group) is 1. The highest BCUT2D eigenvalue weighted by atomic mass is 16.1. The van der Waals surface area contributed by atoms with Crippen LogP contribution in [0.1, 0.15) is 38.5 Å². The van der Waals surface area contributed by atoms with Crippen LogP contribution in [0.15, 0.2) is 0 Å². The van der Waals surface area contributed by atoms with Crippen LogP contribution in [-0.2, 0) is 4.79 Å². The van der Waals surface area contributed by atoms with Gasteiger partial charge >= 0.3 is 0 Å². The highest BCUT2D eigenvalue weighted by molar-refractivity contribution is 5.85. The molecule has 5 heteroatoms. The van der Waals surface area contributed by atoms with E-state index in [1.807, 2.05) is 0 Å². The summed E-state index contributed by atoms with van der Waals surface area (Å²) in [5.41, 5.74) is 5.29. The lowest BCUT2D eigenvalue weighted by molar-refractivity contribution is -0.124. The third kappa shape index (κ3) is 2.71. The van der Waals surface area contributed by atoms with E-state index in [9.17, 15) is 4.79 Å². The average molecular weight is 280 g/mol. The molecule has 3 aliphatic rings. The van der Waals surface area contributed by atoms with Crippen molar-refractivity contribution >= 4 is 5.91 Å². The van der Waals surface area contributed by atoms with Gasteiger partial charge < -0.3 is 16.0 Å². The molecule has 3 N–H and O–H groups in total. The summed E-state index contributed by atoms with van der Waals surface area (Å²) in [6.45, 7) is 2.29. The quantitative estimate of drug-likeness (QED) is 0.753. The minimum atomic E-state index is -0.429. The molecule has 3 rings (SSSR count). The molecule has 1 aliphatic heterocycles. The lowest BCUT2D eigenvalue weighted by Crippen LogP contribution is -2.55. The summed E-state index contributed by atoms with van der Waals surface area (Å²) >= 11 is 0. The molecule has 2 saturated carbocycles. The number of carbonyl (C=O) groups excluding carboxylic acids is 1. The van der Waals surface area contributed by atoms with Crippen molar-refractivity contribution in [1.82, 2.24) is 15.1 Å². The maximum atomic E-state index is 12.0. The van der Waals surface area contributed by atoms with Gasteiger partial charge in [-0.15, -0.1) is 0 Å². The standard InChI is InChI=1S/C15H28N4O/c1-18(2)13-6-8-19(10-13)12-5-7-15(9-12,14(16)20)17-11-3-4-11/h11-13,17H,3-10H2,1-2H3,(H2,16,20). The Morgan fingerprint density at radius 2 is 2.05 bits per heavy atom. The maximum absolute atomic E-state index is 12.0. The van der Waals surface area contributed by atoms with Gasteiger partial charge in [0, 0.05) is 31.2 Å². The van der Waals surface area contributed by atoms with Crippen molar-refractivity contribution in [2.24, 2.45) is 5.73 Å². The molecule has 0 aromatic carbocycles. The van der Waals surface area contributed by atoms with Gasteiger partial charge in [0.2, 0.25) is 5.91 Å². The zero-order valence-electron chi connectivity index (χ0n) is 12.8. The van der Waals surface area contributed by atoms with Crippen LogP contribution >= 0.6 is 0 Å². The van der Waals surface area contributed by atoms with E-state index in [0.717, 1.165) is 32.4 Å². The van der Waals surface area contributed by atoms with Crippen molar-refractivity contribution in [2.45, 2.75) is 62.2 Å². The molecule has 1 saturated heterocycles. The Bertz CT molecular complexity index is 382. The third-order valence-electron chi connectivity index (χ3n) is 5.46. The molecule has 0 bridgehead atoms. The molecule has 114 valence electrons. The Morgan fingerprint density at radius 3 is 2.60 bits per heavy atom. The molecule has 0 aromatic rings.